The SMILES string of the molecule is CCNc1ncc2c(n1)-c1nonc1CC2. The maximum atomic E-state index is 4.74. The third kappa shape index (κ3) is 1.34. The average Bonchev–Trinajstić information content (AvgIpc) is 2.78. The van der Waals surface area contributed by atoms with Gasteiger partial charge in [0.05, 0.1) is 0 Å². The Kier molecular flexibility index (Phi) is 2.05. The van der Waals surface area contributed by atoms with E-state index in [2.05, 4.69) is 25.6 Å². The van der Waals surface area contributed by atoms with E-state index in [1.54, 1.807) is 0 Å². The summed E-state index contributed by atoms with van der Waals surface area (Å²) in [5.41, 5.74) is 3.58. The van der Waals surface area contributed by atoms with Gasteiger partial charge >= 0.3 is 0 Å². The molecule has 0 saturated carbocycles. The third-order valence-electron chi connectivity index (χ3n) is 2.61. The molecule has 2 aromatic rings. The van der Waals surface area contributed by atoms with Crippen LogP contribution < -0.4 is 5.32 Å². The number of hydrogen-bond acceptors (Lipinski definition) is 6. The minimum absolute atomic E-state index is 0.622. The van der Waals surface area contributed by atoms with Crippen LogP contribution in [0.2, 0.25) is 0 Å². The molecule has 1 aliphatic rings. The molecule has 1 aliphatic carbocycles. The quantitative estimate of drug-likeness (QED) is 0.810. The van der Waals surface area contributed by atoms with Gasteiger partial charge in [-0.25, -0.2) is 14.6 Å². The summed E-state index contributed by atoms with van der Waals surface area (Å²) in [4.78, 5) is 8.67. The van der Waals surface area contributed by atoms with Gasteiger partial charge in [0.2, 0.25) is 5.95 Å². The molecular weight excluding hydrogens is 206 g/mol. The van der Waals surface area contributed by atoms with Gasteiger partial charge in [-0.1, -0.05) is 5.16 Å². The van der Waals surface area contributed by atoms with E-state index in [0.717, 1.165) is 42.0 Å². The van der Waals surface area contributed by atoms with Gasteiger partial charge in [-0.3, -0.25) is 0 Å². The molecule has 0 saturated heterocycles. The van der Waals surface area contributed by atoms with Crippen LogP contribution in [-0.2, 0) is 12.8 Å². The van der Waals surface area contributed by atoms with Crippen molar-refractivity contribution in [3.8, 4) is 11.4 Å². The van der Waals surface area contributed by atoms with Crippen LogP contribution in [-0.4, -0.2) is 26.8 Å². The van der Waals surface area contributed by atoms with Crippen LogP contribution in [0.25, 0.3) is 11.4 Å². The molecule has 0 amide bonds. The third-order valence-corrected chi connectivity index (χ3v) is 2.61. The molecular formula is C10H11N5O. The largest absolute Gasteiger partial charge is 0.354 e. The Balaban J connectivity index is 2.11. The molecule has 1 N–H and O–H groups in total. The number of nitrogens with one attached hydrogen (secondary N) is 1. The smallest absolute Gasteiger partial charge is 0.223 e. The number of rotatable bonds is 2. The van der Waals surface area contributed by atoms with E-state index in [0.29, 0.717) is 5.95 Å². The van der Waals surface area contributed by atoms with Gasteiger partial charge < -0.3 is 5.32 Å². The first kappa shape index (κ1) is 9.26. The Morgan fingerprint density at radius 3 is 3.12 bits per heavy atom. The molecule has 82 valence electrons. The lowest BCUT2D eigenvalue weighted by Gasteiger charge is -2.12. The fraction of sp³-hybridized carbons (Fsp3) is 0.400. The van der Waals surface area contributed by atoms with Gasteiger partial charge in [-0.2, -0.15) is 0 Å². The van der Waals surface area contributed by atoms with Gasteiger partial charge in [0, 0.05) is 12.7 Å². The predicted molar refractivity (Wildman–Crippen MR) is 56.9 cm³/mol. The number of aryl methyl sites for hydroxylation is 2. The van der Waals surface area contributed by atoms with Crippen LogP contribution >= 0.6 is 0 Å². The summed E-state index contributed by atoms with van der Waals surface area (Å²) >= 11 is 0. The van der Waals surface area contributed by atoms with E-state index < -0.39 is 0 Å². The number of nitrogens with zero attached hydrogens (tertiary/aromatic N) is 4. The maximum absolute atomic E-state index is 4.74. The number of anilines is 1. The molecule has 0 fully saturated rings. The summed E-state index contributed by atoms with van der Waals surface area (Å²) < 4.78 is 4.74. The zero-order valence-electron chi connectivity index (χ0n) is 8.90. The van der Waals surface area contributed by atoms with Gasteiger partial charge in [0.25, 0.3) is 0 Å². The molecule has 0 radical (unpaired) electrons. The molecule has 0 aromatic carbocycles. The molecule has 6 nitrogen and oxygen atoms in total. The first-order valence-corrected chi connectivity index (χ1v) is 5.30. The maximum Gasteiger partial charge on any atom is 0.223 e. The van der Waals surface area contributed by atoms with Gasteiger partial charge in [0.15, 0.2) is 5.69 Å². The van der Waals surface area contributed by atoms with Crippen molar-refractivity contribution in [1.29, 1.82) is 0 Å². The Labute approximate surface area is 92.1 Å². The highest BCUT2D eigenvalue weighted by Crippen LogP contribution is 2.29. The number of hydrogen-bond donors (Lipinski definition) is 1. The molecule has 0 atom stereocenters. The van der Waals surface area contributed by atoms with E-state index in [4.69, 9.17) is 4.63 Å². The van der Waals surface area contributed by atoms with Crippen LogP contribution in [0.3, 0.4) is 0 Å². The van der Waals surface area contributed by atoms with E-state index >= 15 is 0 Å². The molecule has 0 bridgehead atoms. The van der Waals surface area contributed by atoms with Crippen LogP contribution in [0.5, 0.6) is 0 Å². The van der Waals surface area contributed by atoms with Crippen molar-refractivity contribution in [3.63, 3.8) is 0 Å². The molecule has 0 spiro atoms. The fourth-order valence-electron chi connectivity index (χ4n) is 1.84. The Bertz CT molecular complexity index is 522. The van der Waals surface area contributed by atoms with Crippen molar-refractivity contribution in [2.75, 3.05) is 11.9 Å². The highest BCUT2D eigenvalue weighted by molar-refractivity contribution is 5.64. The molecule has 6 heteroatoms. The highest BCUT2D eigenvalue weighted by atomic mass is 16.6. The van der Waals surface area contributed by atoms with Crippen LogP contribution in [0, 0.1) is 0 Å². The van der Waals surface area contributed by atoms with Gasteiger partial charge in [-0.05, 0) is 30.5 Å². The number of aromatic nitrogens is 4. The van der Waals surface area contributed by atoms with Gasteiger partial charge in [-0.15, -0.1) is 0 Å². The van der Waals surface area contributed by atoms with E-state index in [1.807, 2.05) is 13.1 Å². The standard InChI is InChI=1S/C10H11N5O/c1-2-11-10-12-5-6-3-4-7-9(8(6)13-10)15-16-14-7/h5H,2-4H2,1H3,(H,11,12,13). The van der Waals surface area contributed by atoms with Crippen molar-refractivity contribution < 1.29 is 4.63 Å². The second-order valence-electron chi connectivity index (χ2n) is 3.66. The Hall–Kier alpha value is -1.98. The molecule has 2 aromatic heterocycles. The van der Waals surface area contributed by atoms with Crippen molar-refractivity contribution in [1.82, 2.24) is 20.3 Å². The molecule has 2 heterocycles. The normalized spacial score (nSPS) is 13.1. The van der Waals surface area contributed by atoms with E-state index in [-0.39, 0.29) is 0 Å². The summed E-state index contributed by atoms with van der Waals surface area (Å²) in [5.74, 6) is 0.622. The Morgan fingerprint density at radius 2 is 2.25 bits per heavy atom. The van der Waals surface area contributed by atoms with Crippen LogP contribution in [0.15, 0.2) is 10.8 Å². The van der Waals surface area contributed by atoms with Gasteiger partial charge in [0.1, 0.15) is 11.4 Å². The lowest BCUT2D eigenvalue weighted by atomic mass is 9.98. The zero-order valence-corrected chi connectivity index (χ0v) is 8.90. The highest BCUT2D eigenvalue weighted by Gasteiger charge is 2.23. The second kappa shape index (κ2) is 3.55. The van der Waals surface area contributed by atoms with Crippen LogP contribution in [0.4, 0.5) is 5.95 Å². The lowest BCUT2D eigenvalue weighted by molar-refractivity contribution is 0.304. The van der Waals surface area contributed by atoms with Crippen molar-refractivity contribution in [2.24, 2.45) is 0 Å². The summed E-state index contributed by atoms with van der Waals surface area (Å²) in [6.45, 7) is 2.80. The summed E-state index contributed by atoms with van der Waals surface area (Å²) in [5, 5.41) is 10.8. The molecule has 3 rings (SSSR count). The lowest BCUT2D eigenvalue weighted by Crippen LogP contribution is -2.09. The van der Waals surface area contributed by atoms with Crippen molar-refractivity contribution in [3.05, 3.63) is 17.5 Å². The topological polar surface area (TPSA) is 76.7 Å². The average molecular weight is 217 g/mol. The molecule has 16 heavy (non-hydrogen) atoms. The molecule has 0 unspecified atom stereocenters. The number of fused-ring (bicyclic) bond motifs is 3. The molecule has 0 aliphatic heterocycles. The van der Waals surface area contributed by atoms with E-state index in [1.165, 1.54) is 0 Å². The minimum Gasteiger partial charge on any atom is -0.354 e. The van der Waals surface area contributed by atoms with Crippen molar-refractivity contribution >= 4 is 5.95 Å². The monoisotopic (exact) mass is 217 g/mol. The summed E-state index contributed by atoms with van der Waals surface area (Å²) in [7, 11) is 0. The first-order chi connectivity index (χ1) is 7.88. The second-order valence-corrected chi connectivity index (χ2v) is 3.66. The zero-order chi connectivity index (χ0) is 11.0. The predicted octanol–water partition coefficient (Wildman–Crippen LogP) is 1.06. The first-order valence-electron chi connectivity index (χ1n) is 5.30. The van der Waals surface area contributed by atoms with Crippen LogP contribution in [0.1, 0.15) is 18.2 Å². The Morgan fingerprint density at radius 1 is 1.31 bits per heavy atom. The minimum atomic E-state index is 0.622. The summed E-state index contributed by atoms with van der Waals surface area (Å²) in [6, 6.07) is 0. The fourth-order valence-corrected chi connectivity index (χ4v) is 1.84. The van der Waals surface area contributed by atoms with Crippen molar-refractivity contribution in [2.45, 2.75) is 19.8 Å². The van der Waals surface area contributed by atoms with E-state index in [9.17, 15) is 0 Å². The summed E-state index contributed by atoms with van der Waals surface area (Å²) in [6.07, 6.45) is 3.58.